The van der Waals surface area contributed by atoms with Crippen LogP contribution in [0.1, 0.15) is 24.1 Å². The highest BCUT2D eigenvalue weighted by Gasteiger charge is 2.07. The molecule has 0 heterocycles. The summed E-state index contributed by atoms with van der Waals surface area (Å²) in [6.45, 7) is 0.0701. The molecule has 0 radical (unpaired) electrons. The number of alkyl halides is 2. The first-order valence-electron chi connectivity index (χ1n) is 7.49. The van der Waals surface area contributed by atoms with Gasteiger partial charge >= 0.3 is 6.61 Å². The fraction of sp³-hybridized carbons (Fsp3) is 0.333. The molecule has 0 aliphatic carbocycles. The van der Waals surface area contributed by atoms with E-state index in [1.165, 1.54) is 5.56 Å². The van der Waals surface area contributed by atoms with Gasteiger partial charge < -0.3 is 14.8 Å². The topological polar surface area (TPSA) is 30.5 Å². The van der Waals surface area contributed by atoms with Gasteiger partial charge in [-0.25, -0.2) is 0 Å². The molecule has 5 heteroatoms. The lowest BCUT2D eigenvalue weighted by Crippen LogP contribution is -2.21. The zero-order valence-corrected chi connectivity index (χ0v) is 13.3. The van der Waals surface area contributed by atoms with Gasteiger partial charge in [0.05, 0.1) is 7.11 Å². The number of rotatable bonds is 8. The lowest BCUT2D eigenvalue weighted by atomic mass is 10.1. The SMILES string of the molecule is COc1ccc(CCNC(C)c2ccc(OC(F)F)cc2)cc1. The average Bonchev–Trinajstić information content (AvgIpc) is 2.55. The van der Waals surface area contributed by atoms with Crippen LogP contribution in [-0.2, 0) is 6.42 Å². The van der Waals surface area contributed by atoms with Gasteiger partial charge in [-0.15, -0.1) is 0 Å². The van der Waals surface area contributed by atoms with Crippen LogP contribution in [0, 0.1) is 0 Å². The standard InChI is InChI=1S/C18H21F2NO2/c1-13(15-5-9-17(10-6-15)23-18(19)20)21-12-11-14-3-7-16(22-2)8-4-14/h3-10,13,18,21H,11-12H2,1-2H3. The molecule has 2 aromatic rings. The lowest BCUT2D eigenvalue weighted by Gasteiger charge is -2.15. The van der Waals surface area contributed by atoms with E-state index in [0.717, 1.165) is 24.3 Å². The second kappa shape index (κ2) is 8.48. The van der Waals surface area contributed by atoms with E-state index in [2.05, 4.69) is 10.1 Å². The summed E-state index contributed by atoms with van der Waals surface area (Å²) in [4.78, 5) is 0. The Labute approximate surface area is 135 Å². The highest BCUT2D eigenvalue weighted by atomic mass is 19.3. The summed E-state index contributed by atoms with van der Waals surface area (Å²) in [5, 5.41) is 3.42. The molecule has 23 heavy (non-hydrogen) atoms. The van der Waals surface area contributed by atoms with Crippen molar-refractivity contribution in [1.82, 2.24) is 5.32 Å². The third-order valence-corrected chi connectivity index (χ3v) is 3.63. The molecule has 0 fully saturated rings. The van der Waals surface area contributed by atoms with Crippen molar-refractivity contribution in [3.8, 4) is 11.5 Å². The summed E-state index contributed by atoms with van der Waals surface area (Å²) in [7, 11) is 1.65. The number of ether oxygens (including phenoxy) is 2. The molecule has 2 aromatic carbocycles. The van der Waals surface area contributed by atoms with Gasteiger partial charge in [-0.3, -0.25) is 0 Å². The molecule has 2 rings (SSSR count). The minimum Gasteiger partial charge on any atom is -0.497 e. The van der Waals surface area contributed by atoms with Crippen LogP contribution in [0.2, 0.25) is 0 Å². The van der Waals surface area contributed by atoms with Crippen molar-refractivity contribution >= 4 is 0 Å². The minimum atomic E-state index is -2.79. The predicted octanol–water partition coefficient (Wildman–Crippen LogP) is 4.19. The van der Waals surface area contributed by atoms with E-state index < -0.39 is 6.61 Å². The quantitative estimate of drug-likeness (QED) is 0.791. The zero-order chi connectivity index (χ0) is 16.7. The molecular weight excluding hydrogens is 300 g/mol. The lowest BCUT2D eigenvalue weighted by molar-refractivity contribution is -0.0498. The third kappa shape index (κ3) is 5.53. The molecule has 0 aliphatic rings. The van der Waals surface area contributed by atoms with E-state index in [1.807, 2.05) is 31.2 Å². The Morgan fingerprint density at radius 1 is 0.957 bits per heavy atom. The van der Waals surface area contributed by atoms with Crippen LogP contribution in [0.3, 0.4) is 0 Å². The highest BCUT2D eigenvalue weighted by Crippen LogP contribution is 2.19. The maximum atomic E-state index is 12.1. The van der Waals surface area contributed by atoms with Gasteiger partial charge in [0, 0.05) is 6.04 Å². The van der Waals surface area contributed by atoms with Crippen molar-refractivity contribution in [3.05, 3.63) is 59.7 Å². The maximum Gasteiger partial charge on any atom is 0.387 e. The van der Waals surface area contributed by atoms with Gasteiger partial charge in [-0.1, -0.05) is 24.3 Å². The summed E-state index contributed by atoms with van der Waals surface area (Å²) >= 11 is 0. The van der Waals surface area contributed by atoms with Gasteiger partial charge in [0.15, 0.2) is 0 Å². The molecule has 3 nitrogen and oxygen atoms in total. The molecule has 0 saturated carbocycles. The van der Waals surface area contributed by atoms with Crippen molar-refractivity contribution < 1.29 is 18.3 Å². The van der Waals surface area contributed by atoms with Gasteiger partial charge in [0.1, 0.15) is 11.5 Å². The molecule has 0 bridgehead atoms. The normalized spacial score (nSPS) is 12.2. The highest BCUT2D eigenvalue weighted by molar-refractivity contribution is 5.29. The fourth-order valence-electron chi connectivity index (χ4n) is 2.28. The first-order valence-corrected chi connectivity index (χ1v) is 7.49. The maximum absolute atomic E-state index is 12.1. The number of methoxy groups -OCH3 is 1. The van der Waals surface area contributed by atoms with Crippen LogP contribution in [0.5, 0.6) is 11.5 Å². The summed E-state index contributed by atoms with van der Waals surface area (Å²) in [5.74, 6) is 1.02. The van der Waals surface area contributed by atoms with E-state index in [0.29, 0.717) is 0 Å². The Morgan fingerprint density at radius 3 is 2.13 bits per heavy atom. The number of benzene rings is 2. The summed E-state index contributed by atoms with van der Waals surface area (Å²) < 4.78 is 33.7. The van der Waals surface area contributed by atoms with E-state index in [9.17, 15) is 8.78 Å². The Kier molecular flexibility index (Phi) is 6.35. The molecular formula is C18H21F2NO2. The smallest absolute Gasteiger partial charge is 0.387 e. The van der Waals surface area contributed by atoms with Crippen molar-refractivity contribution in [1.29, 1.82) is 0 Å². The van der Waals surface area contributed by atoms with Crippen LogP contribution >= 0.6 is 0 Å². The molecule has 1 N–H and O–H groups in total. The zero-order valence-electron chi connectivity index (χ0n) is 13.3. The molecule has 0 saturated heterocycles. The number of halogens is 2. The number of hydrogen-bond acceptors (Lipinski definition) is 3. The van der Waals surface area contributed by atoms with Crippen molar-refractivity contribution in [3.63, 3.8) is 0 Å². The molecule has 1 atom stereocenters. The first kappa shape index (κ1) is 17.2. The van der Waals surface area contributed by atoms with Crippen LogP contribution in [0.4, 0.5) is 8.78 Å². The van der Waals surface area contributed by atoms with Gasteiger partial charge in [0.25, 0.3) is 0 Å². The first-order chi connectivity index (χ1) is 11.1. The van der Waals surface area contributed by atoms with E-state index in [4.69, 9.17) is 4.74 Å². The van der Waals surface area contributed by atoms with Crippen LogP contribution in [0.25, 0.3) is 0 Å². The molecule has 0 spiro atoms. The van der Waals surface area contributed by atoms with Crippen LogP contribution < -0.4 is 14.8 Å². The Bertz CT molecular complexity index is 585. The van der Waals surface area contributed by atoms with E-state index >= 15 is 0 Å². The fourth-order valence-corrected chi connectivity index (χ4v) is 2.28. The number of hydrogen-bond donors (Lipinski definition) is 1. The van der Waals surface area contributed by atoms with Crippen molar-refractivity contribution in [2.45, 2.75) is 26.0 Å². The van der Waals surface area contributed by atoms with Crippen molar-refractivity contribution in [2.75, 3.05) is 13.7 Å². The second-order valence-electron chi connectivity index (χ2n) is 5.22. The van der Waals surface area contributed by atoms with E-state index in [-0.39, 0.29) is 11.8 Å². The van der Waals surface area contributed by atoms with Gasteiger partial charge in [0.2, 0.25) is 0 Å². The summed E-state index contributed by atoms with van der Waals surface area (Å²) in [5.41, 5.74) is 2.26. The van der Waals surface area contributed by atoms with E-state index in [1.54, 1.807) is 31.4 Å². The molecule has 1 unspecified atom stereocenters. The Morgan fingerprint density at radius 2 is 1.57 bits per heavy atom. The van der Waals surface area contributed by atoms with Crippen LogP contribution in [-0.4, -0.2) is 20.3 Å². The minimum absolute atomic E-state index is 0.133. The summed E-state index contributed by atoms with van der Waals surface area (Å²) in [6, 6.07) is 14.8. The average molecular weight is 321 g/mol. The van der Waals surface area contributed by atoms with Crippen molar-refractivity contribution in [2.24, 2.45) is 0 Å². The van der Waals surface area contributed by atoms with Gasteiger partial charge in [-0.2, -0.15) is 8.78 Å². The molecule has 0 amide bonds. The Balaban J connectivity index is 1.80. The molecule has 0 aromatic heterocycles. The number of nitrogens with one attached hydrogen (secondary N) is 1. The largest absolute Gasteiger partial charge is 0.497 e. The van der Waals surface area contributed by atoms with Gasteiger partial charge in [-0.05, 0) is 55.3 Å². The van der Waals surface area contributed by atoms with Crippen LogP contribution in [0.15, 0.2) is 48.5 Å². The molecule has 124 valence electrons. The third-order valence-electron chi connectivity index (χ3n) is 3.63. The second-order valence-corrected chi connectivity index (χ2v) is 5.22. The summed E-state index contributed by atoms with van der Waals surface area (Å²) in [6.07, 6.45) is 0.904. The monoisotopic (exact) mass is 321 g/mol. The Hall–Kier alpha value is -2.14. The predicted molar refractivity (Wildman–Crippen MR) is 86.2 cm³/mol. The molecule has 0 aliphatic heterocycles.